The third-order valence-corrected chi connectivity index (χ3v) is 4.07. The second-order valence-electron chi connectivity index (χ2n) is 4.62. The summed E-state index contributed by atoms with van der Waals surface area (Å²) >= 11 is 1.39. The van der Waals surface area contributed by atoms with Gasteiger partial charge in [-0.15, -0.1) is 0 Å². The number of hydrogen-bond acceptors (Lipinski definition) is 6. The minimum atomic E-state index is -0.334. The number of nitrogen functional groups attached to an aromatic ring is 1. The van der Waals surface area contributed by atoms with Gasteiger partial charge in [0.05, 0.1) is 22.9 Å². The van der Waals surface area contributed by atoms with Gasteiger partial charge in [0.2, 0.25) is 5.91 Å². The number of carbonyl (C=O) groups is 1. The van der Waals surface area contributed by atoms with E-state index in [2.05, 4.69) is 10.3 Å². The first-order valence-corrected chi connectivity index (χ1v) is 7.11. The molecule has 1 unspecified atom stereocenters. The summed E-state index contributed by atoms with van der Waals surface area (Å²) in [5.74, 6) is -0.145. The molecule has 2 aromatic rings. The van der Waals surface area contributed by atoms with Gasteiger partial charge in [-0.25, -0.2) is 4.98 Å². The summed E-state index contributed by atoms with van der Waals surface area (Å²) in [5.41, 5.74) is 7.21. The van der Waals surface area contributed by atoms with E-state index in [9.17, 15) is 4.79 Å². The number of nitrogens with one attached hydrogen (secondary N) is 1. The van der Waals surface area contributed by atoms with E-state index in [0.29, 0.717) is 17.4 Å². The summed E-state index contributed by atoms with van der Waals surface area (Å²) in [6.45, 7) is 2.26. The maximum atomic E-state index is 12.1. The van der Waals surface area contributed by atoms with Gasteiger partial charge in [0.25, 0.3) is 0 Å². The lowest BCUT2D eigenvalue weighted by Crippen LogP contribution is -2.40. The van der Waals surface area contributed by atoms with Crippen LogP contribution >= 0.6 is 11.3 Å². The number of nitrogens with zero attached hydrogens (tertiary/aromatic N) is 2. The molecule has 0 radical (unpaired) electrons. The van der Waals surface area contributed by atoms with Crippen LogP contribution in [0.2, 0.25) is 0 Å². The molecule has 0 aliphatic heterocycles. The quantitative estimate of drug-likeness (QED) is 0.719. The van der Waals surface area contributed by atoms with Gasteiger partial charge in [-0.1, -0.05) is 11.3 Å². The van der Waals surface area contributed by atoms with Gasteiger partial charge < -0.3 is 16.2 Å². The zero-order chi connectivity index (χ0) is 14.7. The van der Waals surface area contributed by atoms with E-state index in [1.807, 2.05) is 12.1 Å². The molecule has 1 atom stereocenters. The van der Waals surface area contributed by atoms with Crippen LogP contribution in [0.4, 0.5) is 10.8 Å². The number of anilines is 2. The zero-order valence-electron chi connectivity index (χ0n) is 11.5. The molecule has 1 aromatic carbocycles. The van der Waals surface area contributed by atoms with Crippen molar-refractivity contribution in [2.75, 3.05) is 31.2 Å². The number of carbonyl (C=O) groups excluding carboxylic acids is 1. The summed E-state index contributed by atoms with van der Waals surface area (Å²) < 4.78 is 0.941. The maximum absolute atomic E-state index is 12.1. The normalized spacial score (nSPS) is 12.8. The Balaban J connectivity index is 2.09. The van der Waals surface area contributed by atoms with E-state index in [-0.39, 0.29) is 18.6 Å². The van der Waals surface area contributed by atoms with Gasteiger partial charge in [0, 0.05) is 12.2 Å². The molecule has 0 saturated heterocycles. The lowest BCUT2D eigenvalue weighted by molar-refractivity contribution is -0.120. The first kappa shape index (κ1) is 14.7. The minimum absolute atomic E-state index is 0.0224. The Kier molecular flexibility index (Phi) is 4.53. The highest BCUT2D eigenvalue weighted by Crippen LogP contribution is 2.27. The molecule has 1 heterocycles. The lowest BCUT2D eigenvalue weighted by Gasteiger charge is -2.22. The van der Waals surface area contributed by atoms with Gasteiger partial charge in [-0.2, -0.15) is 0 Å². The molecule has 0 fully saturated rings. The highest BCUT2D eigenvalue weighted by Gasteiger charge is 2.18. The van der Waals surface area contributed by atoms with Crippen molar-refractivity contribution >= 4 is 38.3 Å². The third kappa shape index (κ3) is 3.24. The number of aromatic nitrogens is 1. The molecule has 0 bridgehead atoms. The number of hydrogen-bond donors (Lipinski definition) is 3. The van der Waals surface area contributed by atoms with E-state index in [1.54, 1.807) is 24.9 Å². The molecule has 20 heavy (non-hydrogen) atoms. The van der Waals surface area contributed by atoms with Crippen LogP contribution in [-0.2, 0) is 4.79 Å². The Morgan fingerprint density at radius 2 is 2.35 bits per heavy atom. The first-order valence-electron chi connectivity index (χ1n) is 6.29. The molecular weight excluding hydrogens is 276 g/mol. The van der Waals surface area contributed by atoms with Gasteiger partial charge >= 0.3 is 0 Å². The van der Waals surface area contributed by atoms with Crippen molar-refractivity contribution < 1.29 is 9.90 Å². The molecule has 7 heteroatoms. The van der Waals surface area contributed by atoms with Crippen LogP contribution in [0.25, 0.3) is 10.2 Å². The number of aliphatic hydroxyl groups is 1. The summed E-state index contributed by atoms with van der Waals surface area (Å²) in [7, 11) is 1.79. The van der Waals surface area contributed by atoms with Crippen LogP contribution in [0.15, 0.2) is 18.2 Å². The number of nitrogens with two attached hydrogens (primary N) is 1. The minimum Gasteiger partial charge on any atom is -0.399 e. The van der Waals surface area contributed by atoms with Crippen LogP contribution in [0.5, 0.6) is 0 Å². The number of benzene rings is 1. The Morgan fingerprint density at radius 1 is 1.60 bits per heavy atom. The average molecular weight is 294 g/mol. The Hall–Kier alpha value is -1.70. The standard InChI is InChI=1S/C13H18N4O2S/c1-8(17(2)5-6-18)12(19)16-13-15-10-4-3-9(14)7-11(10)20-13/h3-4,7-8,18H,5-6,14H2,1-2H3,(H,15,16,19). The lowest BCUT2D eigenvalue weighted by atomic mass is 10.3. The SMILES string of the molecule is CC(C(=O)Nc1nc2ccc(N)cc2s1)N(C)CCO. The molecule has 108 valence electrons. The molecule has 0 saturated carbocycles. The van der Waals surface area contributed by atoms with Gasteiger partial charge in [-0.05, 0) is 32.2 Å². The second-order valence-corrected chi connectivity index (χ2v) is 5.65. The molecule has 1 amide bonds. The smallest absolute Gasteiger partial charge is 0.243 e. The van der Waals surface area contributed by atoms with Gasteiger partial charge in [0.1, 0.15) is 0 Å². The Bertz CT molecular complexity index is 613. The van der Waals surface area contributed by atoms with Crippen molar-refractivity contribution in [2.24, 2.45) is 0 Å². The van der Waals surface area contributed by atoms with E-state index in [0.717, 1.165) is 10.2 Å². The monoisotopic (exact) mass is 294 g/mol. The van der Waals surface area contributed by atoms with E-state index >= 15 is 0 Å². The number of aliphatic hydroxyl groups excluding tert-OH is 1. The summed E-state index contributed by atoms with van der Waals surface area (Å²) in [4.78, 5) is 18.2. The van der Waals surface area contributed by atoms with E-state index in [4.69, 9.17) is 10.8 Å². The molecule has 0 spiro atoms. The molecule has 0 aliphatic rings. The van der Waals surface area contributed by atoms with Crippen LogP contribution < -0.4 is 11.1 Å². The number of amides is 1. The van der Waals surface area contributed by atoms with Gasteiger partial charge in [0.15, 0.2) is 5.13 Å². The number of thiazole rings is 1. The van der Waals surface area contributed by atoms with Crippen molar-refractivity contribution in [3.8, 4) is 0 Å². The van der Waals surface area contributed by atoms with Crippen LogP contribution in [-0.4, -0.2) is 47.1 Å². The fraction of sp³-hybridized carbons (Fsp3) is 0.385. The maximum Gasteiger partial charge on any atom is 0.243 e. The van der Waals surface area contributed by atoms with Crippen molar-refractivity contribution in [1.29, 1.82) is 0 Å². The first-order chi connectivity index (χ1) is 9.51. The van der Waals surface area contributed by atoms with Crippen LogP contribution in [0, 0.1) is 0 Å². The van der Waals surface area contributed by atoms with Crippen molar-refractivity contribution in [3.63, 3.8) is 0 Å². The van der Waals surface area contributed by atoms with Crippen molar-refractivity contribution in [3.05, 3.63) is 18.2 Å². The highest BCUT2D eigenvalue weighted by molar-refractivity contribution is 7.22. The number of rotatable bonds is 5. The van der Waals surface area contributed by atoms with Crippen molar-refractivity contribution in [2.45, 2.75) is 13.0 Å². The molecule has 2 rings (SSSR count). The largest absolute Gasteiger partial charge is 0.399 e. The van der Waals surface area contributed by atoms with E-state index < -0.39 is 0 Å². The van der Waals surface area contributed by atoms with E-state index in [1.165, 1.54) is 11.3 Å². The van der Waals surface area contributed by atoms with Crippen LogP contribution in [0.3, 0.4) is 0 Å². The summed E-state index contributed by atoms with van der Waals surface area (Å²) in [6, 6.07) is 5.12. The molecular formula is C13H18N4O2S. The number of fused-ring (bicyclic) bond motifs is 1. The summed E-state index contributed by atoms with van der Waals surface area (Å²) in [6.07, 6.45) is 0. The molecule has 1 aromatic heterocycles. The predicted molar refractivity (Wildman–Crippen MR) is 81.8 cm³/mol. The van der Waals surface area contributed by atoms with Crippen LogP contribution in [0.1, 0.15) is 6.92 Å². The number of likely N-dealkylation sites (N-methyl/N-ethyl adjacent to an activating group) is 1. The Labute approximate surface area is 121 Å². The topological polar surface area (TPSA) is 91.5 Å². The second kappa shape index (κ2) is 6.17. The fourth-order valence-electron chi connectivity index (χ4n) is 1.76. The van der Waals surface area contributed by atoms with Gasteiger partial charge in [-0.3, -0.25) is 9.69 Å². The molecule has 0 aliphatic carbocycles. The fourth-order valence-corrected chi connectivity index (χ4v) is 2.67. The zero-order valence-corrected chi connectivity index (χ0v) is 12.3. The third-order valence-electron chi connectivity index (χ3n) is 3.14. The van der Waals surface area contributed by atoms with Crippen molar-refractivity contribution in [1.82, 2.24) is 9.88 Å². The average Bonchev–Trinajstić information content (AvgIpc) is 2.79. The summed E-state index contributed by atoms with van der Waals surface area (Å²) in [5, 5.41) is 12.2. The highest BCUT2D eigenvalue weighted by atomic mass is 32.1. The predicted octanol–water partition coefficient (Wildman–Crippen LogP) is 1.13. The Morgan fingerprint density at radius 3 is 3.05 bits per heavy atom. The molecule has 6 nitrogen and oxygen atoms in total. The molecule has 4 N–H and O–H groups in total.